The fourth-order valence-electron chi connectivity index (χ4n) is 3.22. The van der Waals surface area contributed by atoms with E-state index in [0.29, 0.717) is 5.69 Å². The molecule has 1 atom stereocenters. The van der Waals surface area contributed by atoms with Crippen LogP contribution in [0, 0.1) is 5.92 Å². The highest BCUT2D eigenvalue weighted by atomic mass is 19.4. The molecule has 0 bridgehead atoms. The van der Waals surface area contributed by atoms with Crippen molar-refractivity contribution in [3.8, 4) is 0 Å². The van der Waals surface area contributed by atoms with E-state index in [2.05, 4.69) is 0 Å². The lowest BCUT2D eigenvalue weighted by molar-refractivity contribution is -0.138. The van der Waals surface area contributed by atoms with E-state index < -0.39 is 40.5 Å². The first-order valence-electron chi connectivity index (χ1n) is 7.40. The Morgan fingerprint density at radius 3 is 2.21 bits per heavy atom. The number of alkyl halides is 3. The van der Waals surface area contributed by atoms with Gasteiger partial charge in [0.15, 0.2) is 0 Å². The van der Waals surface area contributed by atoms with Crippen LogP contribution in [0.4, 0.5) is 18.9 Å². The Morgan fingerprint density at radius 2 is 1.75 bits per heavy atom. The van der Waals surface area contributed by atoms with E-state index in [0.717, 1.165) is 12.1 Å². The molecule has 130 valence electrons. The molecule has 7 heteroatoms. The summed E-state index contributed by atoms with van der Waals surface area (Å²) in [7, 11) is 1.47. The zero-order chi connectivity index (χ0) is 18.4. The van der Waals surface area contributed by atoms with Gasteiger partial charge in [0.25, 0.3) is 0 Å². The number of fused-ring (bicyclic) bond motifs is 1. The molecular formula is C17H18F3NO3. The molecule has 4 nitrogen and oxygen atoms in total. The number of hydrogen-bond donors (Lipinski definition) is 0. The quantitative estimate of drug-likeness (QED) is 0.791. The number of nitrogens with zero attached hydrogens (tertiary/aromatic N) is 1. The summed E-state index contributed by atoms with van der Waals surface area (Å²) in [6.45, 7) is 3.97. The van der Waals surface area contributed by atoms with Crippen molar-refractivity contribution in [2.75, 3.05) is 11.9 Å². The lowest BCUT2D eigenvalue weighted by Gasteiger charge is -2.26. The number of benzene rings is 1. The normalized spacial score (nSPS) is 20.5. The van der Waals surface area contributed by atoms with Gasteiger partial charge in [-0.2, -0.15) is 13.2 Å². The summed E-state index contributed by atoms with van der Waals surface area (Å²) < 4.78 is 39.0. The number of carbonyl (C=O) groups is 3. The SMILES string of the molecule is CC(=O)C(C[C@]1(C)C(=O)N(C)c2ccc(C(F)(F)F)cc21)C(C)=O. The van der Waals surface area contributed by atoms with Crippen LogP contribution >= 0.6 is 0 Å². The monoisotopic (exact) mass is 341 g/mol. The number of rotatable bonds is 4. The molecule has 2 rings (SSSR count). The lowest BCUT2D eigenvalue weighted by Crippen LogP contribution is -2.40. The van der Waals surface area contributed by atoms with E-state index in [4.69, 9.17) is 0 Å². The van der Waals surface area contributed by atoms with Crippen LogP contribution in [0.2, 0.25) is 0 Å². The van der Waals surface area contributed by atoms with Gasteiger partial charge in [-0.1, -0.05) is 0 Å². The number of Topliss-reactive ketones (excluding diaryl/α,β-unsaturated/α-hetero) is 2. The van der Waals surface area contributed by atoms with Gasteiger partial charge in [-0.15, -0.1) is 0 Å². The van der Waals surface area contributed by atoms with E-state index >= 15 is 0 Å². The van der Waals surface area contributed by atoms with Gasteiger partial charge in [-0.3, -0.25) is 14.4 Å². The molecule has 24 heavy (non-hydrogen) atoms. The van der Waals surface area contributed by atoms with Gasteiger partial charge in [-0.05, 0) is 51.0 Å². The summed E-state index contributed by atoms with van der Waals surface area (Å²) in [5.41, 5.74) is -1.66. The molecule has 0 spiro atoms. The number of anilines is 1. The molecule has 0 aliphatic carbocycles. The minimum Gasteiger partial charge on any atom is -0.314 e. The van der Waals surface area contributed by atoms with Crippen LogP contribution in [0.5, 0.6) is 0 Å². The third-order valence-corrected chi connectivity index (χ3v) is 4.65. The maximum atomic E-state index is 13.0. The first-order chi connectivity index (χ1) is 10.9. The third kappa shape index (κ3) is 2.83. The van der Waals surface area contributed by atoms with Crippen LogP contribution in [0.3, 0.4) is 0 Å². The van der Waals surface area contributed by atoms with Crippen molar-refractivity contribution in [2.24, 2.45) is 5.92 Å². The molecule has 0 unspecified atom stereocenters. The third-order valence-electron chi connectivity index (χ3n) is 4.65. The van der Waals surface area contributed by atoms with Gasteiger partial charge >= 0.3 is 6.18 Å². The molecule has 0 radical (unpaired) electrons. The molecule has 1 heterocycles. The van der Waals surface area contributed by atoms with Crippen molar-refractivity contribution in [3.63, 3.8) is 0 Å². The smallest absolute Gasteiger partial charge is 0.314 e. The molecule has 0 N–H and O–H groups in total. The summed E-state index contributed by atoms with van der Waals surface area (Å²) in [6, 6.07) is 3.10. The maximum absolute atomic E-state index is 13.0. The Bertz CT molecular complexity index is 712. The van der Waals surface area contributed by atoms with Crippen LogP contribution in [-0.4, -0.2) is 24.5 Å². The van der Waals surface area contributed by atoms with Crippen molar-refractivity contribution in [3.05, 3.63) is 29.3 Å². The van der Waals surface area contributed by atoms with Gasteiger partial charge in [0.05, 0.1) is 16.9 Å². The molecule has 1 amide bonds. The molecule has 1 aliphatic rings. The van der Waals surface area contributed by atoms with Crippen LogP contribution in [0.1, 0.15) is 38.3 Å². The zero-order valence-electron chi connectivity index (χ0n) is 13.8. The zero-order valence-corrected chi connectivity index (χ0v) is 13.8. The molecule has 0 aromatic heterocycles. The van der Waals surface area contributed by atoms with Crippen LogP contribution in [-0.2, 0) is 26.0 Å². The Hall–Kier alpha value is -2.18. The number of amides is 1. The highest BCUT2D eigenvalue weighted by Crippen LogP contribution is 2.46. The minimum absolute atomic E-state index is 0.144. The molecule has 0 saturated carbocycles. The van der Waals surface area contributed by atoms with Crippen LogP contribution in [0.15, 0.2) is 18.2 Å². The first kappa shape index (κ1) is 18.2. The van der Waals surface area contributed by atoms with E-state index in [9.17, 15) is 27.6 Å². The highest BCUT2D eigenvalue weighted by molar-refractivity contribution is 6.09. The van der Waals surface area contributed by atoms with Gasteiger partial charge in [0, 0.05) is 12.7 Å². The predicted octanol–water partition coefficient (Wildman–Crippen LogP) is 3.12. The van der Waals surface area contributed by atoms with Crippen molar-refractivity contribution < 1.29 is 27.6 Å². The second kappa shape index (κ2) is 5.72. The summed E-state index contributed by atoms with van der Waals surface area (Å²) >= 11 is 0. The van der Waals surface area contributed by atoms with Gasteiger partial charge in [0.1, 0.15) is 11.6 Å². The van der Waals surface area contributed by atoms with E-state index in [1.54, 1.807) is 0 Å². The number of ketones is 2. The summed E-state index contributed by atoms with van der Waals surface area (Å²) in [6.07, 6.45) is -4.68. The Morgan fingerprint density at radius 1 is 1.21 bits per heavy atom. The van der Waals surface area contributed by atoms with Crippen molar-refractivity contribution in [1.29, 1.82) is 0 Å². The Labute approximate surface area is 137 Å². The Kier molecular flexibility index (Phi) is 4.33. The average Bonchev–Trinajstić information content (AvgIpc) is 2.65. The summed E-state index contributed by atoms with van der Waals surface area (Å²) in [5.74, 6) is -2.25. The molecule has 1 aromatic carbocycles. The number of carbonyl (C=O) groups excluding carboxylic acids is 3. The fraction of sp³-hybridized carbons (Fsp3) is 0.471. The summed E-state index contributed by atoms with van der Waals surface area (Å²) in [4.78, 5) is 37.4. The molecular weight excluding hydrogens is 323 g/mol. The number of likely N-dealkylation sites (N-methyl/N-ethyl adjacent to an activating group) is 1. The minimum atomic E-state index is -4.54. The molecule has 1 aliphatic heterocycles. The van der Waals surface area contributed by atoms with Crippen molar-refractivity contribution in [1.82, 2.24) is 0 Å². The van der Waals surface area contributed by atoms with Crippen molar-refractivity contribution in [2.45, 2.75) is 38.8 Å². The predicted molar refractivity (Wildman–Crippen MR) is 81.7 cm³/mol. The second-order valence-corrected chi connectivity index (χ2v) is 6.40. The highest BCUT2D eigenvalue weighted by Gasteiger charge is 2.49. The standard InChI is InChI=1S/C17H18F3NO3/c1-9(22)12(10(2)23)8-16(3)13-7-11(17(18,19)20)5-6-14(13)21(4)15(16)24/h5-7,12H,8H2,1-4H3/t16-/m0/s1. The molecule has 1 aromatic rings. The maximum Gasteiger partial charge on any atom is 0.416 e. The largest absolute Gasteiger partial charge is 0.416 e. The summed E-state index contributed by atoms with van der Waals surface area (Å²) in [5, 5.41) is 0. The van der Waals surface area contributed by atoms with Gasteiger partial charge in [-0.25, -0.2) is 0 Å². The topological polar surface area (TPSA) is 54.5 Å². The number of hydrogen-bond acceptors (Lipinski definition) is 3. The molecule has 0 saturated heterocycles. The van der Waals surface area contributed by atoms with Gasteiger partial charge < -0.3 is 4.90 Å². The van der Waals surface area contributed by atoms with E-state index in [-0.39, 0.29) is 12.0 Å². The van der Waals surface area contributed by atoms with Crippen molar-refractivity contribution >= 4 is 23.2 Å². The fourth-order valence-corrected chi connectivity index (χ4v) is 3.22. The van der Waals surface area contributed by atoms with E-state index in [1.807, 2.05) is 0 Å². The number of halogens is 3. The molecule has 0 fully saturated rings. The second-order valence-electron chi connectivity index (χ2n) is 6.40. The van der Waals surface area contributed by atoms with Gasteiger partial charge in [0.2, 0.25) is 5.91 Å². The lowest BCUT2D eigenvalue weighted by atomic mass is 9.74. The van der Waals surface area contributed by atoms with Crippen LogP contribution in [0.25, 0.3) is 0 Å². The van der Waals surface area contributed by atoms with E-state index in [1.165, 1.54) is 38.8 Å². The first-order valence-corrected chi connectivity index (χ1v) is 7.40. The average molecular weight is 341 g/mol. The Balaban J connectivity index is 2.58. The van der Waals surface area contributed by atoms with Crippen LogP contribution < -0.4 is 4.90 Å².